The molecule has 0 spiro atoms. The van der Waals surface area contributed by atoms with Crippen molar-refractivity contribution in [3.8, 4) is 0 Å². The molecular weight excluding hydrogens is 174 g/mol. The zero-order valence-corrected chi connectivity index (χ0v) is 8.53. The van der Waals surface area contributed by atoms with Crippen LogP contribution in [0.15, 0.2) is 0 Å². The van der Waals surface area contributed by atoms with Crippen LogP contribution in [-0.2, 0) is 10.8 Å². The SMILES string of the molecule is CCCCN1CCS(=O)CC1.O. The third-order valence-corrected chi connectivity index (χ3v) is 3.37. The molecule has 0 aliphatic carbocycles. The van der Waals surface area contributed by atoms with Crippen LogP contribution in [0.4, 0.5) is 0 Å². The summed E-state index contributed by atoms with van der Waals surface area (Å²) in [7, 11) is -0.508. The van der Waals surface area contributed by atoms with Crippen molar-refractivity contribution >= 4 is 10.8 Å². The average Bonchev–Trinajstić information content (AvgIpc) is 2.04. The Morgan fingerprint density at radius 2 is 1.92 bits per heavy atom. The van der Waals surface area contributed by atoms with E-state index in [2.05, 4.69) is 11.8 Å². The van der Waals surface area contributed by atoms with Gasteiger partial charge in [0.1, 0.15) is 0 Å². The van der Waals surface area contributed by atoms with E-state index in [9.17, 15) is 4.21 Å². The second kappa shape index (κ2) is 6.57. The Balaban J connectivity index is 0.00000121. The Bertz CT molecular complexity index is 131. The molecule has 2 N–H and O–H groups in total. The first-order valence-electron chi connectivity index (χ1n) is 4.40. The Labute approximate surface area is 76.9 Å². The molecule has 0 aromatic carbocycles. The summed E-state index contributed by atoms with van der Waals surface area (Å²) in [5.41, 5.74) is 0. The summed E-state index contributed by atoms with van der Waals surface area (Å²) >= 11 is 0. The predicted octanol–water partition coefficient (Wildman–Crippen LogP) is 0.0261. The zero-order valence-electron chi connectivity index (χ0n) is 7.71. The lowest BCUT2D eigenvalue weighted by Gasteiger charge is -2.25. The monoisotopic (exact) mass is 193 g/mol. The van der Waals surface area contributed by atoms with Gasteiger partial charge in [0.2, 0.25) is 0 Å². The van der Waals surface area contributed by atoms with Gasteiger partial charge in [-0.1, -0.05) is 13.3 Å². The van der Waals surface area contributed by atoms with E-state index in [4.69, 9.17) is 0 Å². The third-order valence-electron chi connectivity index (χ3n) is 2.10. The van der Waals surface area contributed by atoms with Crippen molar-refractivity contribution in [1.82, 2.24) is 4.90 Å². The molecule has 0 bridgehead atoms. The molecule has 0 amide bonds. The molecule has 0 aromatic heterocycles. The fourth-order valence-electron chi connectivity index (χ4n) is 1.28. The quantitative estimate of drug-likeness (QED) is 0.635. The van der Waals surface area contributed by atoms with E-state index in [0.717, 1.165) is 24.6 Å². The van der Waals surface area contributed by atoms with E-state index in [-0.39, 0.29) is 5.48 Å². The molecule has 0 aromatic rings. The summed E-state index contributed by atoms with van der Waals surface area (Å²) < 4.78 is 11.0. The molecule has 1 fully saturated rings. The normalized spacial score (nSPS) is 20.4. The van der Waals surface area contributed by atoms with Crippen LogP contribution in [0.2, 0.25) is 0 Å². The topological polar surface area (TPSA) is 51.8 Å². The van der Waals surface area contributed by atoms with Crippen molar-refractivity contribution in [3.63, 3.8) is 0 Å². The van der Waals surface area contributed by atoms with Crippen LogP contribution in [0.5, 0.6) is 0 Å². The van der Waals surface area contributed by atoms with Crippen LogP contribution >= 0.6 is 0 Å². The Morgan fingerprint density at radius 1 is 1.33 bits per heavy atom. The fourth-order valence-corrected chi connectivity index (χ4v) is 2.41. The van der Waals surface area contributed by atoms with Gasteiger partial charge in [0, 0.05) is 35.4 Å². The highest BCUT2D eigenvalue weighted by molar-refractivity contribution is 7.85. The van der Waals surface area contributed by atoms with Gasteiger partial charge in [-0.05, 0) is 13.0 Å². The van der Waals surface area contributed by atoms with E-state index in [0.29, 0.717) is 0 Å². The lowest BCUT2D eigenvalue weighted by molar-refractivity contribution is 0.294. The highest BCUT2D eigenvalue weighted by Gasteiger charge is 2.13. The van der Waals surface area contributed by atoms with Gasteiger partial charge in [0.15, 0.2) is 0 Å². The molecule has 0 unspecified atom stereocenters. The number of nitrogens with zero attached hydrogens (tertiary/aromatic N) is 1. The Morgan fingerprint density at radius 3 is 2.42 bits per heavy atom. The van der Waals surface area contributed by atoms with Crippen molar-refractivity contribution in [2.45, 2.75) is 19.8 Å². The highest BCUT2D eigenvalue weighted by Crippen LogP contribution is 2.01. The van der Waals surface area contributed by atoms with E-state index >= 15 is 0 Å². The van der Waals surface area contributed by atoms with Crippen LogP contribution in [0.1, 0.15) is 19.8 Å². The summed E-state index contributed by atoms with van der Waals surface area (Å²) in [6, 6.07) is 0. The smallest absolute Gasteiger partial charge is 0.0363 e. The molecule has 12 heavy (non-hydrogen) atoms. The molecule has 1 rings (SSSR count). The van der Waals surface area contributed by atoms with Crippen LogP contribution in [0, 0.1) is 0 Å². The first-order valence-corrected chi connectivity index (χ1v) is 5.89. The minimum Gasteiger partial charge on any atom is -0.412 e. The maximum atomic E-state index is 11.0. The van der Waals surface area contributed by atoms with Crippen molar-refractivity contribution < 1.29 is 9.69 Å². The maximum Gasteiger partial charge on any atom is 0.0363 e. The molecule has 0 atom stereocenters. The minimum absolute atomic E-state index is 0. The summed E-state index contributed by atoms with van der Waals surface area (Å²) in [5, 5.41) is 0. The van der Waals surface area contributed by atoms with Gasteiger partial charge < -0.3 is 10.4 Å². The molecule has 0 saturated carbocycles. The second-order valence-corrected chi connectivity index (χ2v) is 4.74. The van der Waals surface area contributed by atoms with E-state index in [1.54, 1.807) is 0 Å². The van der Waals surface area contributed by atoms with Crippen LogP contribution in [0.3, 0.4) is 0 Å². The maximum absolute atomic E-state index is 11.0. The second-order valence-electron chi connectivity index (χ2n) is 3.04. The van der Waals surface area contributed by atoms with Gasteiger partial charge in [-0.2, -0.15) is 0 Å². The first kappa shape index (κ1) is 12.1. The molecule has 0 radical (unpaired) electrons. The van der Waals surface area contributed by atoms with Gasteiger partial charge >= 0.3 is 0 Å². The Kier molecular flexibility index (Phi) is 6.61. The van der Waals surface area contributed by atoms with Gasteiger partial charge in [-0.25, -0.2) is 0 Å². The summed E-state index contributed by atoms with van der Waals surface area (Å²) in [5.74, 6) is 1.79. The average molecular weight is 193 g/mol. The summed E-state index contributed by atoms with van der Waals surface area (Å²) in [6.07, 6.45) is 2.55. The van der Waals surface area contributed by atoms with Crippen molar-refractivity contribution in [3.05, 3.63) is 0 Å². The molecule has 1 saturated heterocycles. The lowest BCUT2D eigenvalue weighted by Crippen LogP contribution is -2.38. The minimum atomic E-state index is -0.508. The number of unbranched alkanes of at least 4 members (excludes halogenated alkanes) is 1. The van der Waals surface area contributed by atoms with Crippen molar-refractivity contribution in [2.75, 3.05) is 31.1 Å². The zero-order chi connectivity index (χ0) is 8.10. The van der Waals surface area contributed by atoms with Crippen LogP contribution in [0.25, 0.3) is 0 Å². The Hall–Kier alpha value is 0.0700. The largest absolute Gasteiger partial charge is 0.412 e. The number of rotatable bonds is 3. The molecule has 1 aliphatic rings. The standard InChI is InChI=1S/C8H17NOS.H2O/c1-2-3-4-9-5-7-11(10)8-6-9;/h2-8H2,1H3;1H2. The summed E-state index contributed by atoms with van der Waals surface area (Å²) in [6.45, 7) is 5.51. The van der Waals surface area contributed by atoms with Crippen LogP contribution < -0.4 is 0 Å². The van der Waals surface area contributed by atoms with Crippen molar-refractivity contribution in [1.29, 1.82) is 0 Å². The fraction of sp³-hybridized carbons (Fsp3) is 1.00. The number of hydrogen-bond donors (Lipinski definition) is 0. The van der Waals surface area contributed by atoms with Gasteiger partial charge in [-0.15, -0.1) is 0 Å². The molecule has 3 nitrogen and oxygen atoms in total. The van der Waals surface area contributed by atoms with Gasteiger partial charge in [0.05, 0.1) is 0 Å². The molecule has 74 valence electrons. The third kappa shape index (κ3) is 4.18. The van der Waals surface area contributed by atoms with Gasteiger partial charge in [-0.3, -0.25) is 4.21 Å². The number of hydrogen-bond acceptors (Lipinski definition) is 2. The lowest BCUT2D eigenvalue weighted by atomic mass is 10.3. The summed E-state index contributed by atoms with van der Waals surface area (Å²) in [4.78, 5) is 2.42. The predicted molar refractivity (Wildman–Crippen MR) is 52.8 cm³/mol. The molecule has 1 aliphatic heterocycles. The first-order chi connectivity index (χ1) is 5.33. The molecule has 4 heteroatoms. The molecular formula is C8H19NO2S. The molecule has 1 heterocycles. The van der Waals surface area contributed by atoms with Crippen LogP contribution in [-0.4, -0.2) is 45.7 Å². The van der Waals surface area contributed by atoms with E-state index in [1.165, 1.54) is 19.4 Å². The van der Waals surface area contributed by atoms with Gasteiger partial charge in [0.25, 0.3) is 0 Å². The van der Waals surface area contributed by atoms with E-state index in [1.807, 2.05) is 0 Å². The van der Waals surface area contributed by atoms with E-state index < -0.39 is 10.8 Å². The van der Waals surface area contributed by atoms with Crippen molar-refractivity contribution in [2.24, 2.45) is 0 Å². The highest BCUT2D eigenvalue weighted by atomic mass is 32.2.